The van der Waals surface area contributed by atoms with Crippen molar-refractivity contribution in [3.63, 3.8) is 0 Å². The molecule has 7 nitrogen and oxygen atoms in total. The lowest BCUT2D eigenvalue weighted by Gasteiger charge is -2.07. The first-order chi connectivity index (χ1) is 12.0. The van der Waals surface area contributed by atoms with E-state index in [4.69, 9.17) is 4.74 Å². The molecule has 0 spiro atoms. The molecular weight excluding hydrogens is 326 g/mol. The van der Waals surface area contributed by atoms with Crippen LogP contribution < -0.4 is 5.32 Å². The third kappa shape index (κ3) is 5.35. The maximum Gasteiger partial charge on any atom is 0.338 e. The Labute approximate surface area is 144 Å². The van der Waals surface area contributed by atoms with Crippen molar-refractivity contribution in [2.75, 3.05) is 13.7 Å². The second-order valence-corrected chi connectivity index (χ2v) is 5.09. The average Bonchev–Trinajstić information content (AvgIpc) is 2.64. The molecule has 25 heavy (non-hydrogen) atoms. The average molecular weight is 343 g/mol. The molecule has 0 bridgehead atoms. The molecule has 0 atom stereocenters. The molecule has 1 amide bonds. The molecule has 2 aromatic carbocycles. The van der Waals surface area contributed by atoms with Gasteiger partial charge in [0.15, 0.2) is 6.61 Å². The van der Waals surface area contributed by atoms with Crippen LogP contribution in [0.5, 0.6) is 5.75 Å². The molecule has 2 N–H and O–H groups in total. The molecule has 0 unspecified atom stereocenters. The first-order valence-electron chi connectivity index (χ1n) is 7.39. The topological polar surface area (TPSA) is 102 Å². The molecule has 2 rings (SSSR count). The van der Waals surface area contributed by atoms with Crippen molar-refractivity contribution in [2.45, 2.75) is 6.54 Å². The smallest absolute Gasteiger partial charge is 0.338 e. The Kier molecular flexibility index (Phi) is 6.11. The number of ether oxygens (including phenoxy) is 2. The zero-order chi connectivity index (χ0) is 18.2. The lowest BCUT2D eigenvalue weighted by Crippen LogP contribution is -2.28. The molecule has 0 aliphatic heterocycles. The number of nitrogens with one attached hydrogen (secondary N) is 1. The van der Waals surface area contributed by atoms with E-state index in [1.807, 2.05) is 0 Å². The third-order valence-corrected chi connectivity index (χ3v) is 3.28. The summed E-state index contributed by atoms with van der Waals surface area (Å²) in [6.45, 7) is -0.210. The lowest BCUT2D eigenvalue weighted by molar-refractivity contribution is -0.124. The van der Waals surface area contributed by atoms with Crippen molar-refractivity contribution >= 4 is 17.8 Å². The van der Waals surface area contributed by atoms with Gasteiger partial charge < -0.3 is 19.9 Å². The van der Waals surface area contributed by atoms with Crippen LogP contribution in [-0.4, -0.2) is 36.7 Å². The van der Waals surface area contributed by atoms with E-state index in [9.17, 15) is 19.5 Å². The van der Waals surface area contributed by atoms with Gasteiger partial charge in [0.05, 0.1) is 18.2 Å². The molecule has 0 radical (unpaired) electrons. The van der Waals surface area contributed by atoms with Crippen LogP contribution in [0.25, 0.3) is 0 Å². The van der Waals surface area contributed by atoms with Crippen molar-refractivity contribution < 1.29 is 29.0 Å². The molecule has 2 aromatic rings. The number of esters is 2. The maximum absolute atomic E-state index is 11.7. The quantitative estimate of drug-likeness (QED) is 0.773. The van der Waals surface area contributed by atoms with Gasteiger partial charge in [-0.05, 0) is 35.9 Å². The van der Waals surface area contributed by atoms with Crippen molar-refractivity contribution in [2.24, 2.45) is 0 Å². The van der Waals surface area contributed by atoms with Gasteiger partial charge in [-0.3, -0.25) is 4.79 Å². The Morgan fingerprint density at radius 1 is 1.00 bits per heavy atom. The van der Waals surface area contributed by atoms with Gasteiger partial charge in [-0.2, -0.15) is 0 Å². The SMILES string of the molecule is COC(=O)c1ccc(CNC(=O)COC(=O)c2cccc(O)c2)cc1. The van der Waals surface area contributed by atoms with Crippen LogP contribution in [0.2, 0.25) is 0 Å². The number of phenolic OH excluding ortho intramolecular Hbond substituents is 1. The minimum Gasteiger partial charge on any atom is -0.508 e. The van der Waals surface area contributed by atoms with Gasteiger partial charge in [0.1, 0.15) is 5.75 Å². The predicted octanol–water partition coefficient (Wildman–Crippen LogP) is 1.65. The number of benzene rings is 2. The summed E-state index contributed by atoms with van der Waals surface area (Å²) in [7, 11) is 1.30. The van der Waals surface area contributed by atoms with E-state index in [1.165, 1.54) is 31.4 Å². The Morgan fingerprint density at radius 2 is 1.72 bits per heavy atom. The van der Waals surface area contributed by atoms with Crippen molar-refractivity contribution in [1.29, 1.82) is 0 Å². The molecule has 0 fully saturated rings. The highest BCUT2D eigenvalue weighted by Crippen LogP contribution is 2.11. The molecule has 0 saturated carbocycles. The molecule has 0 aromatic heterocycles. The molecule has 0 aliphatic carbocycles. The van der Waals surface area contributed by atoms with Gasteiger partial charge in [0.25, 0.3) is 5.91 Å². The second kappa shape index (κ2) is 8.49. The van der Waals surface area contributed by atoms with Crippen LogP contribution in [0.1, 0.15) is 26.3 Å². The fourth-order valence-electron chi connectivity index (χ4n) is 1.98. The van der Waals surface area contributed by atoms with E-state index in [1.54, 1.807) is 24.3 Å². The minimum absolute atomic E-state index is 0.0608. The summed E-state index contributed by atoms with van der Waals surface area (Å²) in [5, 5.41) is 11.9. The van der Waals surface area contributed by atoms with Crippen molar-refractivity contribution in [3.05, 3.63) is 65.2 Å². The van der Waals surface area contributed by atoms with E-state index in [0.29, 0.717) is 5.56 Å². The van der Waals surface area contributed by atoms with Crippen LogP contribution in [0, 0.1) is 0 Å². The number of hydrogen-bond donors (Lipinski definition) is 2. The summed E-state index contributed by atoms with van der Waals surface area (Å²) in [4.78, 5) is 34.8. The summed E-state index contributed by atoms with van der Waals surface area (Å²) in [6.07, 6.45) is 0. The number of rotatable bonds is 6. The van der Waals surface area contributed by atoms with E-state index >= 15 is 0 Å². The first-order valence-corrected chi connectivity index (χ1v) is 7.39. The number of carbonyl (C=O) groups excluding carboxylic acids is 3. The number of methoxy groups -OCH3 is 1. The van der Waals surface area contributed by atoms with Gasteiger partial charge in [0.2, 0.25) is 0 Å². The van der Waals surface area contributed by atoms with Crippen LogP contribution >= 0.6 is 0 Å². The van der Waals surface area contributed by atoms with E-state index in [-0.39, 0.29) is 17.9 Å². The summed E-state index contributed by atoms with van der Waals surface area (Å²) in [5.41, 5.74) is 1.35. The molecule has 0 aliphatic rings. The Hall–Kier alpha value is -3.35. The molecule has 0 heterocycles. The zero-order valence-electron chi connectivity index (χ0n) is 13.5. The number of phenols is 1. The Bertz CT molecular complexity index is 769. The molecule has 0 saturated heterocycles. The van der Waals surface area contributed by atoms with Crippen molar-refractivity contribution in [1.82, 2.24) is 5.32 Å². The van der Waals surface area contributed by atoms with E-state index in [2.05, 4.69) is 10.1 Å². The van der Waals surface area contributed by atoms with Crippen LogP contribution in [0.4, 0.5) is 0 Å². The molecule has 7 heteroatoms. The highest BCUT2D eigenvalue weighted by molar-refractivity contribution is 5.91. The number of amides is 1. The zero-order valence-corrected chi connectivity index (χ0v) is 13.5. The van der Waals surface area contributed by atoms with Gasteiger partial charge >= 0.3 is 11.9 Å². The normalized spacial score (nSPS) is 9.96. The van der Waals surface area contributed by atoms with Gasteiger partial charge in [-0.1, -0.05) is 18.2 Å². The predicted molar refractivity (Wildman–Crippen MR) is 88.0 cm³/mol. The number of hydrogen-bond acceptors (Lipinski definition) is 6. The summed E-state index contributed by atoms with van der Waals surface area (Å²) < 4.78 is 9.47. The van der Waals surface area contributed by atoms with Gasteiger partial charge in [-0.15, -0.1) is 0 Å². The Morgan fingerprint density at radius 3 is 2.36 bits per heavy atom. The largest absolute Gasteiger partial charge is 0.508 e. The monoisotopic (exact) mass is 343 g/mol. The van der Waals surface area contributed by atoms with E-state index < -0.39 is 24.5 Å². The highest BCUT2D eigenvalue weighted by Gasteiger charge is 2.11. The minimum atomic E-state index is -0.700. The maximum atomic E-state index is 11.7. The Balaban J connectivity index is 1.79. The first kappa shape index (κ1) is 18.0. The number of aromatic hydroxyl groups is 1. The van der Waals surface area contributed by atoms with E-state index in [0.717, 1.165) is 5.56 Å². The lowest BCUT2D eigenvalue weighted by atomic mass is 10.1. The fraction of sp³-hybridized carbons (Fsp3) is 0.167. The summed E-state index contributed by atoms with van der Waals surface area (Å²) >= 11 is 0. The fourth-order valence-corrected chi connectivity index (χ4v) is 1.98. The second-order valence-electron chi connectivity index (χ2n) is 5.09. The van der Waals surface area contributed by atoms with Crippen molar-refractivity contribution in [3.8, 4) is 5.75 Å². The highest BCUT2D eigenvalue weighted by atomic mass is 16.5. The van der Waals surface area contributed by atoms with Gasteiger partial charge in [-0.25, -0.2) is 9.59 Å². The number of carbonyl (C=O) groups is 3. The molecular formula is C18H17NO6. The van der Waals surface area contributed by atoms with Crippen LogP contribution in [0.15, 0.2) is 48.5 Å². The van der Waals surface area contributed by atoms with Crippen LogP contribution in [0.3, 0.4) is 0 Å². The third-order valence-electron chi connectivity index (χ3n) is 3.28. The summed E-state index contributed by atoms with van der Waals surface area (Å²) in [6, 6.07) is 12.2. The summed E-state index contributed by atoms with van der Waals surface area (Å²) in [5.74, 6) is -1.66. The molecule has 130 valence electrons. The standard InChI is InChI=1S/C18H17NO6/c1-24-17(22)13-7-5-12(6-8-13)10-19-16(21)11-25-18(23)14-3-2-4-15(20)9-14/h2-9,20H,10-11H2,1H3,(H,19,21). The van der Waals surface area contributed by atoms with Crippen LogP contribution in [-0.2, 0) is 20.8 Å². The van der Waals surface area contributed by atoms with Gasteiger partial charge in [0, 0.05) is 6.54 Å².